The SMILES string of the molecule is COC1=CCC(C(=O)N[C@H]2C[C@@H](Nc3cc(C(F)(F)F)nc4ccc(Cl)cc34)CN(C(C)=O)C2)C=C1. The molecule has 1 unspecified atom stereocenters. The van der Waals surface area contributed by atoms with E-state index in [1.54, 1.807) is 30.2 Å². The lowest BCUT2D eigenvalue weighted by atomic mass is 9.96. The normalized spacial score (nSPS) is 22.2. The highest BCUT2D eigenvalue weighted by molar-refractivity contribution is 6.31. The van der Waals surface area contributed by atoms with Crippen molar-refractivity contribution in [3.8, 4) is 0 Å². The quantitative estimate of drug-likeness (QED) is 0.603. The number of hydrogen-bond acceptors (Lipinski definition) is 5. The summed E-state index contributed by atoms with van der Waals surface area (Å²) >= 11 is 6.10. The minimum Gasteiger partial charge on any atom is -0.497 e. The number of benzene rings is 1. The van der Waals surface area contributed by atoms with Crippen molar-refractivity contribution < 1.29 is 27.5 Å². The number of alkyl halides is 3. The summed E-state index contributed by atoms with van der Waals surface area (Å²) in [5.41, 5.74) is -0.674. The second-order valence-electron chi connectivity index (χ2n) is 8.93. The fourth-order valence-electron chi connectivity index (χ4n) is 4.50. The van der Waals surface area contributed by atoms with Crippen LogP contribution in [-0.2, 0) is 20.5 Å². The van der Waals surface area contributed by atoms with E-state index >= 15 is 0 Å². The number of nitrogens with one attached hydrogen (secondary N) is 2. The molecule has 2 heterocycles. The second kappa shape index (κ2) is 10.4. The van der Waals surface area contributed by atoms with E-state index in [1.807, 2.05) is 6.08 Å². The van der Waals surface area contributed by atoms with Gasteiger partial charge in [0.05, 0.1) is 18.5 Å². The first-order valence-electron chi connectivity index (χ1n) is 11.5. The molecule has 7 nitrogen and oxygen atoms in total. The molecule has 192 valence electrons. The molecule has 1 saturated heterocycles. The van der Waals surface area contributed by atoms with Crippen LogP contribution in [0.25, 0.3) is 10.9 Å². The highest BCUT2D eigenvalue weighted by atomic mass is 35.5. The van der Waals surface area contributed by atoms with Crippen LogP contribution >= 0.6 is 11.6 Å². The van der Waals surface area contributed by atoms with Crippen molar-refractivity contribution in [2.45, 2.75) is 38.0 Å². The average molecular weight is 523 g/mol. The van der Waals surface area contributed by atoms with Crippen LogP contribution in [0.1, 0.15) is 25.5 Å². The van der Waals surface area contributed by atoms with E-state index in [0.29, 0.717) is 35.6 Å². The van der Waals surface area contributed by atoms with Gasteiger partial charge in [0.25, 0.3) is 0 Å². The number of nitrogens with zero attached hydrogens (tertiary/aromatic N) is 2. The number of aromatic nitrogens is 1. The summed E-state index contributed by atoms with van der Waals surface area (Å²) in [5, 5.41) is 6.95. The first-order valence-corrected chi connectivity index (χ1v) is 11.8. The number of allylic oxidation sites excluding steroid dienone is 2. The Morgan fingerprint density at radius 3 is 2.58 bits per heavy atom. The van der Waals surface area contributed by atoms with E-state index < -0.39 is 17.9 Å². The molecule has 0 bridgehead atoms. The molecule has 36 heavy (non-hydrogen) atoms. The van der Waals surface area contributed by atoms with Gasteiger partial charge in [-0.3, -0.25) is 9.59 Å². The van der Waals surface area contributed by atoms with Gasteiger partial charge in [0.15, 0.2) is 0 Å². The minimum atomic E-state index is -4.64. The summed E-state index contributed by atoms with van der Waals surface area (Å²) < 4.78 is 45.7. The van der Waals surface area contributed by atoms with Crippen molar-refractivity contribution >= 4 is 40.0 Å². The summed E-state index contributed by atoms with van der Waals surface area (Å²) in [6, 6.07) is 4.62. The van der Waals surface area contributed by atoms with Gasteiger partial charge in [0.2, 0.25) is 11.8 Å². The van der Waals surface area contributed by atoms with Gasteiger partial charge in [-0.25, -0.2) is 4.98 Å². The topological polar surface area (TPSA) is 83.6 Å². The molecule has 1 aliphatic carbocycles. The summed E-state index contributed by atoms with van der Waals surface area (Å²) in [4.78, 5) is 30.4. The Balaban J connectivity index is 1.56. The van der Waals surface area contributed by atoms with E-state index in [4.69, 9.17) is 16.3 Å². The number of fused-ring (bicyclic) bond motifs is 1. The van der Waals surface area contributed by atoms with Gasteiger partial charge in [-0.2, -0.15) is 13.2 Å². The maximum absolute atomic E-state index is 13.5. The molecule has 4 rings (SSSR count). The summed E-state index contributed by atoms with van der Waals surface area (Å²) in [6.45, 7) is 2.01. The molecule has 0 spiro atoms. The van der Waals surface area contributed by atoms with Gasteiger partial charge in [-0.1, -0.05) is 17.7 Å². The smallest absolute Gasteiger partial charge is 0.433 e. The zero-order valence-corrected chi connectivity index (χ0v) is 20.5. The highest BCUT2D eigenvalue weighted by Gasteiger charge is 2.35. The van der Waals surface area contributed by atoms with Crippen molar-refractivity contribution in [2.24, 2.45) is 5.92 Å². The molecule has 2 N–H and O–H groups in total. The van der Waals surface area contributed by atoms with Gasteiger partial charge < -0.3 is 20.3 Å². The van der Waals surface area contributed by atoms with Crippen molar-refractivity contribution in [1.82, 2.24) is 15.2 Å². The third-order valence-corrected chi connectivity index (χ3v) is 6.54. The van der Waals surface area contributed by atoms with Gasteiger partial charge in [0.1, 0.15) is 11.5 Å². The van der Waals surface area contributed by atoms with Crippen LogP contribution in [-0.4, -0.2) is 54.0 Å². The first-order chi connectivity index (χ1) is 17.0. The number of hydrogen-bond donors (Lipinski definition) is 2. The third-order valence-electron chi connectivity index (χ3n) is 6.30. The van der Waals surface area contributed by atoms with E-state index in [2.05, 4.69) is 15.6 Å². The van der Waals surface area contributed by atoms with Crippen LogP contribution in [0.4, 0.5) is 18.9 Å². The molecular formula is C25H26ClF3N4O3. The lowest BCUT2D eigenvalue weighted by Crippen LogP contribution is -2.56. The van der Waals surface area contributed by atoms with Crippen LogP contribution in [0.5, 0.6) is 0 Å². The van der Waals surface area contributed by atoms with Crippen LogP contribution in [0.2, 0.25) is 5.02 Å². The molecule has 1 aromatic heterocycles. The molecule has 1 aliphatic heterocycles. The predicted molar refractivity (Wildman–Crippen MR) is 130 cm³/mol. The van der Waals surface area contributed by atoms with Crippen molar-refractivity contribution in [2.75, 3.05) is 25.5 Å². The lowest BCUT2D eigenvalue weighted by Gasteiger charge is -2.39. The molecule has 11 heteroatoms. The fraction of sp³-hybridized carbons (Fsp3) is 0.400. The number of ether oxygens (including phenoxy) is 1. The number of methoxy groups -OCH3 is 1. The minimum absolute atomic E-state index is 0.147. The molecule has 0 radical (unpaired) electrons. The maximum Gasteiger partial charge on any atom is 0.433 e. The average Bonchev–Trinajstić information content (AvgIpc) is 2.83. The van der Waals surface area contributed by atoms with E-state index in [-0.39, 0.29) is 41.5 Å². The number of likely N-dealkylation sites (tertiary alicyclic amines) is 1. The van der Waals surface area contributed by atoms with E-state index in [0.717, 1.165) is 6.07 Å². The van der Waals surface area contributed by atoms with Crippen LogP contribution in [0.3, 0.4) is 0 Å². The molecule has 2 aromatic rings. The van der Waals surface area contributed by atoms with Crippen LogP contribution in [0, 0.1) is 5.92 Å². The Morgan fingerprint density at radius 2 is 1.94 bits per heavy atom. The Morgan fingerprint density at radius 1 is 1.19 bits per heavy atom. The second-order valence-corrected chi connectivity index (χ2v) is 9.37. The standard InChI is InChI=1S/C25H26ClF3N4O3/c1-14(34)33-12-17(10-18(13-33)31-24(35)15-3-6-19(36-2)7-4-15)30-22-11-23(25(27,28)29)32-21-8-5-16(26)9-20(21)22/h3,5-9,11,15,17-18H,4,10,12-13H2,1-2H3,(H,30,32)(H,31,35)/t15?,17-,18+/m1/s1. The maximum atomic E-state index is 13.5. The van der Waals surface area contributed by atoms with Crippen molar-refractivity contribution in [3.05, 3.63) is 59.0 Å². The zero-order valence-electron chi connectivity index (χ0n) is 19.7. The number of carbonyl (C=O) groups excluding carboxylic acids is 2. The number of piperidine rings is 1. The zero-order chi connectivity index (χ0) is 26.0. The van der Waals surface area contributed by atoms with Gasteiger partial charge in [-0.05, 0) is 49.3 Å². The molecule has 2 aliphatic rings. The van der Waals surface area contributed by atoms with Gasteiger partial charge in [-0.15, -0.1) is 0 Å². The van der Waals surface area contributed by atoms with Crippen molar-refractivity contribution in [3.63, 3.8) is 0 Å². The molecule has 1 fully saturated rings. The number of amides is 2. The number of pyridine rings is 1. The van der Waals surface area contributed by atoms with Crippen LogP contribution < -0.4 is 10.6 Å². The Hall–Kier alpha value is -3.27. The number of halogens is 4. The van der Waals surface area contributed by atoms with E-state index in [1.165, 1.54) is 19.1 Å². The lowest BCUT2D eigenvalue weighted by molar-refractivity contribution is -0.141. The molecule has 1 aromatic carbocycles. The number of carbonyl (C=O) groups is 2. The Bertz CT molecular complexity index is 1230. The van der Waals surface area contributed by atoms with Gasteiger partial charge >= 0.3 is 6.18 Å². The molecular weight excluding hydrogens is 497 g/mol. The molecule has 0 saturated carbocycles. The van der Waals surface area contributed by atoms with Crippen molar-refractivity contribution in [1.29, 1.82) is 0 Å². The number of anilines is 1. The molecule has 2 amide bonds. The Kier molecular flexibility index (Phi) is 7.44. The number of rotatable bonds is 5. The fourth-order valence-corrected chi connectivity index (χ4v) is 4.67. The third kappa shape index (κ3) is 5.92. The highest BCUT2D eigenvalue weighted by Crippen LogP contribution is 2.35. The van der Waals surface area contributed by atoms with Crippen LogP contribution in [0.15, 0.2) is 48.3 Å². The largest absolute Gasteiger partial charge is 0.497 e. The first kappa shape index (κ1) is 25.8. The summed E-state index contributed by atoms with van der Waals surface area (Å²) in [7, 11) is 1.56. The summed E-state index contributed by atoms with van der Waals surface area (Å²) in [6.07, 6.45) is 1.59. The molecule has 3 atom stereocenters. The summed E-state index contributed by atoms with van der Waals surface area (Å²) in [5.74, 6) is -0.0628. The monoisotopic (exact) mass is 522 g/mol. The Labute approximate surface area is 211 Å². The van der Waals surface area contributed by atoms with E-state index in [9.17, 15) is 22.8 Å². The van der Waals surface area contributed by atoms with Gasteiger partial charge in [0, 0.05) is 48.2 Å². The predicted octanol–water partition coefficient (Wildman–Crippen LogP) is 4.53.